The van der Waals surface area contributed by atoms with Crippen LogP contribution < -0.4 is 5.32 Å². The molecular weight excluding hydrogens is 333 g/mol. The van der Waals surface area contributed by atoms with Crippen LogP contribution in [0.4, 0.5) is 15.9 Å². The van der Waals surface area contributed by atoms with Crippen molar-refractivity contribution in [3.8, 4) is 0 Å². The number of ether oxygens (including phenoxy) is 1. The van der Waals surface area contributed by atoms with Gasteiger partial charge >= 0.3 is 5.97 Å². The molecule has 3 rings (SSSR count). The van der Waals surface area contributed by atoms with E-state index in [9.17, 15) is 9.18 Å². The van der Waals surface area contributed by atoms with E-state index >= 15 is 0 Å². The van der Waals surface area contributed by atoms with Gasteiger partial charge in [-0.15, -0.1) is 0 Å². The molecule has 0 atom stereocenters. The number of carbonyl (C=O) groups is 1. The molecule has 1 N–H and O–H groups in total. The Kier molecular flexibility index (Phi) is 4.57. The normalized spacial score (nSPS) is 10.6. The molecule has 7 heteroatoms. The van der Waals surface area contributed by atoms with Crippen molar-refractivity contribution in [2.24, 2.45) is 0 Å². The molecular formula is C17H13ClFN3O2. The second kappa shape index (κ2) is 6.80. The molecule has 0 aliphatic rings. The zero-order valence-electron chi connectivity index (χ0n) is 12.7. The van der Waals surface area contributed by atoms with Crippen molar-refractivity contribution in [3.05, 3.63) is 59.0 Å². The van der Waals surface area contributed by atoms with Crippen molar-refractivity contribution in [1.29, 1.82) is 0 Å². The molecule has 0 amide bonds. The summed E-state index contributed by atoms with van der Waals surface area (Å²) in [5.41, 5.74) is 1.62. The predicted octanol–water partition coefficient (Wildman–Crippen LogP) is 4.34. The van der Waals surface area contributed by atoms with Gasteiger partial charge in [-0.1, -0.05) is 23.7 Å². The maximum Gasteiger partial charge on any atom is 0.360 e. The minimum atomic E-state index is -0.600. The van der Waals surface area contributed by atoms with Crippen LogP contribution in [0, 0.1) is 5.82 Å². The van der Waals surface area contributed by atoms with E-state index in [2.05, 4.69) is 15.3 Å². The molecule has 0 unspecified atom stereocenters. The molecule has 3 aromatic rings. The molecule has 0 aliphatic heterocycles. The Morgan fingerprint density at radius 2 is 1.92 bits per heavy atom. The first kappa shape index (κ1) is 16.1. The van der Waals surface area contributed by atoms with Gasteiger partial charge in [0.05, 0.1) is 28.4 Å². The lowest BCUT2D eigenvalue weighted by atomic mass is 10.2. The van der Waals surface area contributed by atoms with Crippen molar-refractivity contribution >= 4 is 40.1 Å². The van der Waals surface area contributed by atoms with Crippen LogP contribution in [0.5, 0.6) is 0 Å². The maximum absolute atomic E-state index is 13.2. The monoisotopic (exact) mass is 345 g/mol. The highest BCUT2D eigenvalue weighted by Crippen LogP contribution is 2.27. The third kappa shape index (κ3) is 3.28. The summed E-state index contributed by atoms with van der Waals surface area (Å²) in [5.74, 6) is -0.863. The summed E-state index contributed by atoms with van der Waals surface area (Å²) in [6.45, 7) is 1.92. The van der Waals surface area contributed by atoms with Crippen molar-refractivity contribution < 1.29 is 13.9 Å². The van der Waals surface area contributed by atoms with E-state index < -0.39 is 11.8 Å². The van der Waals surface area contributed by atoms with Gasteiger partial charge in [0.25, 0.3) is 0 Å². The second-order valence-electron chi connectivity index (χ2n) is 4.88. The number of hydrogen-bond donors (Lipinski definition) is 1. The van der Waals surface area contributed by atoms with Crippen LogP contribution in [0.1, 0.15) is 17.4 Å². The van der Waals surface area contributed by atoms with Crippen LogP contribution in [-0.2, 0) is 4.74 Å². The fourth-order valence-corrected chi connectivity index (χ4v) is 2.36. The molecule has 2 aromatic carbocycles. The number of carbonyl (C=O) groups excluding carboxylic acids is 1. The molecule has 0 aliphatic carbocycles. The first-order chi connectivity index (χ1) is 11.6. The molecule has 0 spiro atoms. The number of benzene rings is 2. The Labute approximate surface area is 142 Å². The van der Waals surface area contributed by atoms with Gasteiger partial charge in [0, 0.05) is 0 Å². The van der Waals surface area contributed by atoms with Gasteiger partial charge in [0.2, 0.25) is 0 Å². The molecule has 5 nitrogen and oxygen atoms in total. The van der Waals surface area contributed by atoms with Crippen molar-refractivity contribution in [3.63, 3.8) is 0 Å². The highest BCUT2D eigenvalue weighted by atomic mass is 35.5. The van der Waals surface area contributed by atoms with Gasteiger partial charge in [-0.3, -0.25) is 0 Å². The number of nitrogens with zero attached hydrogens (tertiary/aromatic N) is 2. The lowest BCUT2D eigenvalue weighted by molar-refractivity contribution is 0.0521. The standard InChI is InChI=1S/C17H13ClFN3O2/c1-2-24-17(23)15-16(21-12-8-7-10(19)9-11(12)18)22-14-6-4-3-5-13(14)20-15/h3-9H,2H2,1H3,(H,21,22). The van der Waals surface area contributed by atoms with Crippen LogP contribution >= 0.6 is 11.6 Å². The molecule has 122 valence electrons. The maximum atomic E-state index is 13.2. The number of rotatable bonds is 4. The summed E-state index contributed by atoms with van der Waals surface area (Å²) in [4.78, 5) is 20.9. The average molecular weight is 346 g/mol. The third-order valence-electron chi connectivity index (χ3n) is 3.22. The first-order valence-electron chi connectivity index (χ1n) is 7.24. The lowest BCUT2D eigenvalue weighted by Crippen LogP contribution is -2.12. The Morgan fingerprint density at radius 3 is 2.58 bits per heavy atom. The number of nitrogens with one attached hydrogen (secondary N) is 1. The Morgan fingerprint density at radius 1 is 1.21 bits per heavy atom. The Balaban J connectivity index is 2.09. The molecule has 0 fully saturated rings. The summed E-state index contributed by atoms with van der Waals surface area (Å²) < 4.78 is 18.2. The van der Waals surface area contributed by atoms with Gasteiger partial charge in [0.1, 0.15) is 5.82 Å². The summed E-state index contributed by atoms with van der Waals surface area (Å²) in [7, 11) is 0. The molecule has 0 radical (unpaired) electrons. The summed E-state index contributed by atoms with van der Waals surface area (Å²) >= 11 is 6.02. The number of halogens is 2. The van der Waals surface area contributed by atoms with E-state index in [0.717, 1.165) is 0 Å². The third-order valence-corrected chi connectivity index (χ3v) is 3.54. The van der Waals surface area contributed by atoms with E-state index in [1.807, 2.05) is 6.07 Å². The summed E-state index contributed by atoms with van der Waals surface area (Å²) in [6, 6.07) is 11.0. The highest BCUT2D eigenvalue weighted by Gasteiger charge is 2.18. The van der Waals surface area contributed by atoms with Crippen molar-refractivity contribution in [2.45, 2.75) is 6.92 Å². The zero-order valence-corrected chi connectivity index (χ0v) is 13.5. The molecule has 24 heavy (non-hydrogen) atoms. The SMILES string of the molecule is CCOC(=O)c1nc2ccccc2nc1Nc1ccc(F)cc1Cl. The van der Waals surface area contributed by atoms with Crippen molar-refractivity contribution in [2.75, 3.05) is 11.9 Å². The predicted molar refractivity (Wildman–Crippen MR) is 90.2 cm³/mol. The average Bonchev–Trinajstić information content (AvgIpc) is 2.57. The number of hydrogen-bond acceptors (Lipinski definition) is 5. The van der Waals surface area contributed by atoms with Crippen molar-refractivity contribution in [1.82, 2.24) is 9.97 Å². The number of esters is 1. The first-order valence-corrected chi connectivity index (χ1v) is 7.62. The minimum absolute atomic E-state index is 0.0379. The van der Waals surface area contributed by atoms with Gasteiger partial charge < -0.3 is 10.1 Å². The molecule has 0 saturated heterocycles. The minimum Gasteiger partial charge on any atom is -0.461 e. The number of fused-ring (bicyclic) bond motifs is 1. The van der Waals surface area contributed by atoms with E-state index in [-0.39, 0.29) is 23.1 Å². The van der Waals surface area contributed by atoms with E-state index in [0.29, 0.717) is 16.7 Å². The number of anilines is 2. The van der Waals surface area contributed by atoms with E-state index in [4.69, 9.17) is 16.3 Å². The fourth-order valence-electron chi connectivity index (χ4n) is 2.15. The zero-order chi connectivity index (χ0) is 17.1. The lowest BCUT2D eigenvalue weighted by Gasteiger charge is -2.12. The largest absolute Gasteiger partial charge is 0.461 e. The van der Waals surface area contributed by atoms with Gasteiger partial charge in [-0.2, -0.15) is 0 Å². The Bertz CT molecular complexity index is 917. The van der Waals surface area contributed by atoms with Crippen LogP contribution in [0.15, 0.2) is 42.5 Å². The quantitative estimate of drug-likeness (QED) is 0.712. The topological polar surface area (TPSA) is 64.1 Å². The van der Waals surface area contributed by atoms with E-state index in [1.165, 1.54) is 18.2 Å². The smallest absolute Gasteiger partial charge is 0.360 e. The highest BCUT2D eigenvalue weighted by molar-refractivity contribution is 6.33. The summed E-state index contributed by atoms with van der Waals surface area (Å²) in [5, 5.41) is 3.09. The Hall–Kier alpha value is -2.73. The van der Waals surface area contributed by atoms with Gasteiger partial charge in [0.15, 0.2) is 11.5 Å². The van der Waals surface area contributed by atoms with Crippen LogP contribution in [-0.4, -0.2) is 22.5 Å². The summed E-state index contributed by atoms with van der Waals surface area (Å²) in [6.07, 6.45) is 0. The van der Waals surface area contributed by atoms with Gasteiger partial charge in [-0.05, 0) is 37.3 Å². The number of aromatic nitrogens is 2. The van der Waals surface area contributed by atoms with Gasteiger partial charge in [-0.25, -0.2) is 19.2 Å². The molecule has 0 bridgehead atoms. The van der Waals surface area contributed by atoms with Crippen LogP contribution in [0.25, 0.3) is 11.0 Å². The van der Waals surface area contributed by atoms with Crippen LogP contribution in [0.2, 0.25) is 5.02 Å². The molecule has 1 aromatic heterocycles. The fraction of sp³-hybridized carbons (Fsp3) is 0.118. The van der Waals surface area contributed by atoms with Crippen LogP contribution in [0.3, 0.4) is 0 Å². The molecule has 1 heterocycles. The second-order valence-corrected chi connectivity index (χ2v) is 5.29. The number of para-hydroxylation sites is 2. The molecule has 0 saturated carbocycles. The van der Waals surface area contributed by atoms with E-state index in [1.54, 1.807) is 25.1 Å².